The zero-order valence-corrected chi connectivity index (χ0v) is 11.6. The normalized spacial score (nSPS) is 11.2. The van der Waals surface area contributed by atoms with Crippen molar-refractivity contribution in [1.29, 1.82) is 0 Å². The Bertz CT molecular complexity index is 789. The average Bonchev–Trinajstić information content (AvgIpc) is 2.37. The zero-order chi connectivity index (χ0) is 15.0. The van der Waals surface area contributed by atoms with Gasteiger partial charge in [-0.05, 0) is 12.1 Å². The van der Waals surface area contributed by atoms with Gasteiger partial charge < -0.3 is 0 Å². The van der Waals surface area contributed by atoms with Gasteiger partial charge in [0.2, 0.25) is 0 Å². The third-order valence-electron chi connectivity index (χ3n) is 2.62. The molecule has 0 saturated carbocycles. The molecule has 0 aliphatic carbocycles. The molecule has 6 nitrogen and oxygen atoms in total. The van der Waals surface area contributed by atoms with E-state index in [0.29, 0.717) is 0 Å². The minimum atomic E-state index is -4.52. The molecule has 0 bridgehead atoms. The zero-order valence-electron chi connectivity index (χ0n) is 9.96. The molecule has 22 heavy (non-hydrogen) atoms. The van der Waals surface area contributed by atoms with Gasteiger partial charge in [-0.2, -0.15) is 16.8 Å². The molecule has 0 unspecified atom stereocenters. The summed E-state index contributed by atoms with van der Waals surface area (Å²) < 4.78 is 63.7. The third-order valence-corrected chi connectivity index (χ3v) is 4.44. The summed E-state index contributed by atoms with van der Waals surface area (Å²) in [5.41, 5.74) is -0.0218. The molecule has 2 N–H and O–H groups in total. The molecule has 2 rings (SSSR count). The van der Waals surface area contributed by atoms with Gasteiger partial charge in [0, 0.05) is 11.1 Å². The summed E-state index contributed by atoms with van der Waals surface area (Å²) in [6.07, 6.45) is 0. The summed E-state index contributed by atoms with van der Waals surface area (Å²) in [4.78, 5) is -0.868. The van der Waals surface area contributed by atoms with Gasteiger partial charge in [-0.15, -0.1) is 0 Å². The van der Waals surface area contributed by atoms with Gasteiger partial charge in [0.15, 0.2) is 0 Å². The van der Waals surface area contributed by atoms with Crippen molar-refractivity contribution in [3.05, 3.63) is 48.5 Å². The second-order valence-electron chi connectivity index (χ2n) is 3.94. The van der Waals surface area contributed by atoms with E-state index in [0.717, 1.165) is 12.1 Å². The van der Waals surface area contributed by atoms with Crippen LogP contribution in [-0.2, 0) is 20.2 Å². The van der Waals surface area contributed by atoms with Crippen LogP contribution in [0.5, 0.6) is 0 Å². The summed E-state index contributed by atoms with van der Waals surface area (Å²) in [6, 6.07) is 10.7. The van der Waals surface area contributed by atoms with E-state index in [4.69, 9.17) is 0 Å². The van der Waals surface area contributed by atoms with Gasteiger partial charge in [0.1, 0.15) is 9.79 Å². The van der Waals surface area contributed by atoms with Crippen molar-refractivity contribution in [2.24, 2.45) is 0 Å². The van der Waals surface area contributed by atoms with Crippen molar-refractivity contribution in [3.63, 3.8) is 0 Å². The van der Waals surface area contributed by atoms with Crippen LogP contribution in [0.3, 0.4) is 0 Å². The predicted molar refractivity (Wildman–Crippen MR) is 85.8 cm³/mol. The average molecular weight is 362 g/mol. The van der Waals surface area contributed by atoms with Crippen LogP contribution < -0.4 is 0 Å². The molecule has 0 spiro atoms. The topological polar surface area (TPSA) is 109 Å². The molecule has 110 valence electrons. The molecule has 0 saturated heterocycles. The molecule has 2 aromatic carbocycles. The van der Waals surface area contributed by atoms with Crippen molar-refractivity contribution in [3.8, 4) is 11.1 Å². The first kappa shape index (κ1) is 22.3. The van der Waals surface area contributed by atoms with Crippen molar-refractivity contribution in [2.75, 3.05) is 0 Å². The molecule has 2 aromatic rings. The molecule has 0 fully saturated rings. The standard InChI is InChI=1S/C12H10O6S2.2Na.2H/c13-19(14,15)11-7-3-1-5-9(11)10-6-2-4-8-12(10)20(16,17)18;;;;/h1-8H,(H,13,14,15)(H,16,17,18);;;;. The first-order valence-electron chi connectivity index (χ1n) is 5.34. The first-order chi connectivity index (χ1) is 9.21. The van der Waals surface area contributed by atoms with E-state index in [9.17, 15) is 25.9 Å². The molecule has 0 aliphatic heterocycles. The molecule has 0 heterocycles. The second-order valence-corrected chi connectivity index (χ2v) is 6.72. The Labute approximate surface area is 173 Å². The van der Waals surface area contributed by atoms with Gasteiger partial charge in [0.25, 0.3) is 20.2 Å². The summed E-state index contributed by atoms with van der Waals surface area (Å²) >= 11 is 0. The minimum absolute atomic E-state index is 0. The fourth-order valence-electron chi connectivity index (χ4n) is 1.83. The monoisotopic (exact) mass is 362 g/mol. The Morgan fingerprint density at radius 3 is 1.14 bits per heavy atom. The Hall–Kier alpha value is 0.260. The molecular formula is C12H12Na2O6S2. The first-order valence-corrected chi connectivity index (χ1v) is 8.22. The molecule has 0 atom stereocenters. The van der Waals surface area contributed by atoms with Crippen molar-refractivity contribution < 1.29 is 25.9 Å². The maximum atomic E-state index is 11.3. The van der Waals surface area contributed by atoms with Crippen LogP contribution >= 0.6 is 0 Å². The van der Waals surface area contributed by atoms with E-state index in [1.165, 1.54) is 36.4 Å². The fourth-order valence-corrected chi connectivity index (χ4v) is 3.24. The van der Waals surface area contributed by atoms with Crippen LogP contribution in [0.1, 0.15) is 0 Å². The van der Waals surface area contributed by atoms with Crippen LogP contribution in [0.15, 0.2) is 58.3 Å². The van der Waals surface area contributed by atoms with E-state index in [1.807, 2.05) is 0 Å². The molecule has 0 aromatic heterocycles. The SMILES string of the molecule is O=S(=O)(O)c1ccccc1-c1ccccc1S(=O)(=O)O.[NaH].[NaH]. The molecule has 10 heteroatoms. The van der Waals surface area contributed by atoms with Crippen molar-refractivity contribution in [2.45, 2.75) is 9.79 Å². The number of rotatable bonds is 3. The summed E-state index contributed by atoms with van der Waals surface area (Å²) in [5.74, 6) is 0. The van der Waals surface area contributed by atoms with Crippen LogP contribution in [0.25, 0.3) is 11.1 Å². The van der Waals surface area contributed by atoms with Gasteiger partial charge in [-0.1, -0.05) is 36.4 Å². The third kappa shape index (κ3) is 5.13. The summed E-state index contributed by atoms with van der Waals surface area (Å²) in [7, 11) is -9.04. The number of benzene rings is 2. The Balaban J connectivity index is 0.00000220. The molecule has 0 aliphatic rings. The van der Waals surface area contributed by atoms with E-state index in [2.05, 4.69) is 0 Å². The number of hydrogen-bond donors (Lipinski definition) is 2. The summed E-state index contributed by atoms with van der Waals surface area (Å²) in [5, 5.41) is 0. The maximum absolute atomic E-state index is 11.3. The second kappa shape index (κ2) is 8.39. The Morgan fingerprint density at radius 2 is 0.864 bits per heavy atom. The van der Waals surface area contributed by atoms with E-state index in [1.54, 1.807) is 0 Å². The molecule has 0 amide bonds. The Morgan fingerprint density at radius 1 is 0.591 bits per heavy atom. The quantitative estimate of drug-likeness (QED) is 0.610. The molecule has 0 radical (unpaired) electrons. The predicted octanol–water partition coefficient (Wildman–Crippen LogP) is 0.550. The van der Waals surface area contributed by atoms with Gasteiger partial charge in [0.05, 0.1) is 0 Å². The number of hydrogen-bond acceptors (Lipinski definition) is 4. The fraction of sp³-hybridized carbons (Fsp3) is 0. The summed E-state index contributed by atoms with van der Waals surface area (Å²) in [6.45, 7) is 0. The van der Waals surface area contributed by atoms with Crippen LogP contribution in [0.2, 0.25) is 0 Å². The Kier molecular flexibility index (Phi) is 8.48. The van der Waals surface area contributed by atoms with Gasteiger partial charge >= 0.3 is 59.1 Å². The van der Waals surface area contributed by atoms with Gasteiger partial charge in [-0.3, -0.25) is 9.11 Å². The van der Waals surface area contributed by atoms with Gasteiger partial charge in [-0.25, -0.2) is 0 Å². The van der Waals surface area contributed by atoms with E-state index < -0.39 is 30.0 Å². The van der Waals surface area contributed by atoms with E-state index in [-0.39, 0.29) is 70.2 Å². The van der Waals surface area contributed by atoms with Crippen molar-refractivity contribution >= 4 is 79.4 Å². The van der Waals surface area contributed by atoms with Crippen LogP contribution in [-0.4, -0.2) is 85.1 Å². The van der Waals surface area contributed by atoms with E-state index >= 15 is 0 Å². The molecular weight excluding hydrogens is 350 g/mol. The van der Waals surface area contributed by atoms with Crippen LogP contribution in [0, 0.1) is 0 Å². The van der Waals surface area contributed by atoms with Crippen LogP contribution in [0.4, 0.5) is 0 Å². The van der Waals surface area contributed by atoms with Crippen molar-refractivity contribution in [1.82, 2.24) is 0 Å².